The number of hydrogen-bond donors (Lipinski definition) is 2. The monoisotopic (exact) mass is 771 g/mol. The third kappa shape index (κ3) is 6.39. The van der Waals surface area contributed by atoms with Crippen molar-refractivity contribution in [3.63, 3.8) is 0 Å². The molecular formula is C32H25Cl2F6N7O3S. The Morgan fingerprint density at radius 2 is 1.73 bits per heavy atom. The van der Waals surface area contributed by atoms with Crippen LogP contribution in [0.4, 0.5) is 32.2 Å². The molecule has 10 nitrogen and oxygen atoms in total. The maximum absolute atomic E-state index is 15.2. The van der Waals surface area contributed by atoms with Crippen molar-refractivity contribution in [2.75, 3.05) is 11.0 Å². The summed E-state index contributed by atoms with van der Waals surface area (Å²) in [6, 6.07) is 7.48. The van der Waals surface area contributed by atoms with Gasteiger partial charge in [0.05, 0.1) is 33.9 Å². The zero-order chi connectivity index (χ0) is 36.7. The Kier molecular flexibility index (Phi) is 8.53. The first-order valence-corrected chi connectivity index (χ1v) is 17.9. The van der Waals surface area contributed by atoms with Gasteiger partial charge in [0.25, 0.3) is 12.3 Å². The Bertz CT molecular complexity index is 2350. The number of pyridine rings is 1. The summed E-state index contributed by atoms with van der Waals surface area (Å²) in [4.78, 5) is 18.1. The topological polar surface area (TPSA) is 124 Å². The second-order valence-electron chi connectivity index (χ2n) is 12.5. The Balaban J connectivity index is 1.33. The summed E-state index contributed by atoms with van der Waals surface area (Å²) in [5, 5.41) is 10.9. The van der Waals surface area contributed by atoms with Gasteiger partial charge in [-0.25, -0.2) is 31.0 Å². The maximum Gasteiger partial charge on any atom is 0.293 e. The summed E-state index contributed by atoms with van der Waals surface area (Å²) in [6.45, 7) is -0.887. The number of nitrogens with one attached hydrogen (secondary N) is 2. The predicted molar refractivity (Wildman–Crippen MR) is 175 cm³/mol. The van der Waals surface area contributed by atoms with Crippen LogP contribution in [0.15, 0.2) is 42.5 Å². The number of benzene rings is 2. The summed E-state index contributed by atoms with van der Waals surface area (Å²) in [6.07, 6.45) is -2.48. The molecule has 2 aliphatic rings. The van der Waals surface area contributed by atoms with Gasteiger partial charge in [0.2, 0.25) is 15.9 Å². The van der Waals surface area contributed by atoms with Gasteiger partial charge < -0.3 is 5.32 Å². The summed E-state index contributed by atoms with van der Waals surface area (Å²) in [5.41, 5.74) is -0.672. The van der Waals surface area contributed by atoms with Crippen LogP contribution >= 0.6 is 23.2 Å². The van der Waals surface area contributed by atoms with E-state index in [1.165, 1.54) is 29.9 Å². The molecule has 1 fully saturated rings. The number of halogens is 8. The number of aryl methyl sites for hydroxylation is 1. The average Bonchev–Trinajstić information content (AvgIpc) is 3.56. The van der Waals surface area contributed by atoms with Crippen molar-refractivity contribution in [1.29, 1.82) is 0 Å². The number of sulfonamides is 1. The highest BCUT2D eigenvalue weighted by molar-refractivity contribution is 7.92. The molecule has 3 heterocycles. The third-order valence-electron chi connectivity index (χ3n) is 8.89. The first kappa shape index (κ1) is 35.1. The standard InChI is InChI=1S/C32H25Cl2F6N7O3S/c1-46-28-17(3-5-20(33)25(28)31(44-46)45-51(2,49)50)16-4-6-22(34)42-26(16)21(9-13-7-14(35)10-15(36)8-13)41-23(48)12-47-29-24(27(43-47)30(37)38)18-11-19(18)32(29,39)40/h3-8,10,18-19,21,30H,9,11-12H2,1-2H3,(H,41,48)(H,44,45)/t18-,19+,21-/m0/s1. The molecule has 0 unspecified atom stereocenters. The Labute approximate surface area is 295 Å². The molecule has 0 spiro atoms. The lowest BCUT2D eigenvalue weighted by atomic mass is 9.94. The summed E-state index contributed by atoms with van der Waals surface area (Å²) < 4.78 is 115. The largest absolute Gasteiger partial charge is 0.346 e. The highest BCUT2D eigenvalue weighted by atomic mass is 35.5. The van der Waals surface area contributed by atoms with Crippen LogP contribution < -0.4 is 10.0 Å². The zero-order valence-corrected chi connectivity index (χ0v) is 28.7. The summed E-state index contributed by atoms with van der Waals surface area (Å²) >= 11 is 12.8. The number of amides is 1. The van der Waals surface area contributed by atoms with Crippen LogP contribution in [0, 0.1) is 17.6 Å². The highest BCUT2D eigenvalue weighted by Gasteiger charge is 2.67. The van der Waals surface area contributed by atoms with Gasteiger partial charge in [-0.05, 0) is 54.7 Å². The predicted octanol–water partition coefficient (Wildman–Crippen LogP) is 7.04. The lowest BCUT2D eigenvalue weighted by Gasteiger charge is -2.23. The number of anilines is 1. The van der Waals surface area contributed by atoms with Crippen molar-refractivity contribution in [3.05, 3.63) is 92.5 Å². The molecule has 2 aliphatic carbocycles. The molecule has 268 valence electrons. The first-order valence-electron chi connectivity index (χ1n) is 15.2. The van der Waals surface area contributed by atoms with Crippen molar-refractivity contribution in [2.24, 2.45) is 13.0 Å². The van der Waals surface area contributed by atoms with Gasteiger partial charge in [-0.1, -0.05) is 29.3 Å². The number of nitrogens with zero attached hydrogens (tertiary/aromatic N) is 5. The molecule has 1 saturated carbocycles. The molecule has 2 aromatic carbocycles. The van der Waals surface area contributed by atoms with E-state index in [0.717, 1.165) is 18.4 Å². The van der Waals surface area contributed by atoms with E-state index in [4.69, 9.17) is 23.2 Å². The zero-order valence-electron chi connectivity index (χ0n) is 26.4. The van der Waals surface area contributed by atoms with Gasteiger partial charge >= 0.3 is 0 Å². The van der Waals surface area contributed by atoms with Crippen molar-refractivity contribution >= 4 is 55.9 Å². The van der Waals surface area contributed by atoms with Crippen molar-refractivity contribution in [2.45, 2.75) is 43.7 Å². The Morgan fingerprint density at radius 3 is 2.39 bits per heavy atom. The number of rotatable bonds is 10. The molecule has 0 aliphatic heterocycles. The molecule has 7 rings (SSSR count). The van der Waals surface area contributed by atoms with E-state index in [1.807, 2.05) is 0 Å². The molecule has 3 atom stereocenters. The Hall–Kier alpha value is -4.35. The smallest absolute Gasteiger partial charge is 0.293 e. The summed E-state index contributed by atoms with van der Waals surface area (Å²) in [7, 11) is -2.26. The minimum absolute atomic E-state index is 0.0353. The first-order chi connectivity index (χ1) is 23.9. The fourth-order valence-corrected chi connectivity index (χ4v) is 7.81. The molecule has 0 radical (unpaired) electrons. The van der Waals surface area contributed by atoms with Crippen LogP contribution in [0.1, 0.15) is 53.0 Å². The number of carbonyl (C=O) groups excluding carboxylic acids is 1. The van der Waals surface area contributed by atoms with Gasteiger partial charge in [0.1, 0.15) is 34.7 Å². The lowest BCUT2D eigenvalue weighted by molar-refractivity contribution is -0.123. The third-order valence-corrected chi connectivity index (χ3v) is 9.98. The SMILES string of the molecule is Cn1nc(NS(C)(=O)=O)c2c(Cl)ccc(-c3ccc(Cl)nc3[C@H](Cc3cc(F)cc(F)c3)NC(=O)Cn3nc(C(F)F)c4c3C(F)(F)[C@@H]3C[C@H]43)c21. The van der Waals surface area contributed by atoms with Gasteiger partial charge in [-0.15, -0.1) is 0 Å². The summed E-state index contributed by atoms with van der Waals surface area (Å²) in [5.74, 6) is -8.26. The van der Waals surface area contributed by atoms with E-state index in [2.05, 4.69) is 25.2 Å². The number of fused-ring (bicyclic) bond motifs is 4. The number of alkyl halides is 4. The second-order valence-corrected chi connectivity index (χ2v) is 15.1. The fourth-order valence-electron chi connectivity index (χ4n) is 6.92. The van der Waals surface area contributed by atoms with Gasteiger partial charge in [0.15, 0.2) is 5.82 Å². The number of hydrogen-bond acceptors (Lipinski definition) is 6. The molecule has 19 heteroatoms. The van der Waals surface area contributed by atoms with E-state index in [-0.39, 0.29) is 51.0 Å². The second kappa shape index (κ2) is 12.4. The van der Waals surface area contributed by atoms with E-state index < -0.39 is 75.7 Å². The molecular weight excluding hydrogens is 747 g/mol. The van der Waals surface area contributed by atoms with Crippen LogP contribution in [0.2, 0.25) is 10.2 Å². The minimum atomic E-state index is -3.79. The van der Waals surface area contributed by atoms with E-state index >= 15 is 8.78 Å². The molecule has 2 N–H and O–H groups in total. The molecule has 51 heavy (non-hydrogen) atoms. The van der Waals surface area contributed by atoms with E-state index in [1.54, 1.807) is 6.07 Å². The van der Waals surface area contributed by atoms with Crippen LogP contribution in [0.5, 0.6) is 0 Å². The molecule has 5 aromatic rings. The van der Waals surface area contributed by atoms with Gasteiger partial charge in [-0.2, -0.15) is 19.0 Å². The van der Waals surface area contributed by atoms with Crippen molar-refractivity contribution in [1.82, 2.24) is 29.9 Å². The number of aromatic nitrogens is 5. The van der Waals surface area contributed by atoms with Crippen LogP contribution in [0.25, 0.3) is 22.0 Å². The van der Waals surface area contributed by atoms with Gasteiger partial charge in [-0.3, -0.25) is 18.9 Å². The average molecular weight is 773 g/mol. The lowest BCUT2D eigenvalue weighted by Crippen LogP contribution is -2.35. The normalized spacial score (nSPS) is 18.2. The van der Waals surface area contributed by atoms with Crippen LogP contribution in [0.3, 0.4) is 0 Å². The van der Waals surface area contributed by atoms with Crippen molar-refractivity contribution < 1.29 is 39.6 Å². The Morgan fingerprint density at radius 1 is 1.04 bits per heavy atom. The van der Waals surface area contributed by atoms with Crippen LogP contribution in [-0.4, -0.2) is 45.1 Å². The number of carbonyl (C=O) groups is 1. The van der Waals surface area contributed by atoms with Gasteiger partial charge in [0, 0.05) is 35.7 Å². The van der Waals surface area contributed by atoms with E-state index in [9.17, 15) is 30.8 Å². The molecule has 0 bridgehead atoms. The van der Waals surface area contributed by atoms with Crippen molar-refractivity contribution in [3.8, 4) is 11.1 Å². The van der Waals surface area contributed by atoms with Crippen LogP contribution in [-0.2, 0) is 40.8 Å². The fraction of sp³-hybridized carbons (Fsp3) is 0.312. The highest BCUT2D eigenvalue weighted by Crippen LogP contribution is 2.68. The molecule has 3 aromatic heterocycles. The van der Waals surface area contributed by atoms with E-state index in [0.29, 0.717) is 27.4 Å². The quantitative estimate of drug-likeness (QED) is 0.116. The molecule has 0 saturated heterocycles. The maximum atomic E-state index is 15.2. The molecule has 1 amide bonds. The minimum Gasteiger partial charge on any atom is -0.346 e.